The zero-order chi connectivity index (χ0) is 16.7. The Balaban J connectivity index is 2.07. The summed E-state index contributed by atoms with van der Waals surface area (Å²) in [6.45, 7) is 2.22. The molecule has 0 aliphatic heterocycles. The summed E-state index contributed by atoms with van der Waals surface area (Å²) in [7, 11) is 3.12. The lowest BCUT2D eigenvalue weighted by Crippen LogP contribution is -2.36. The largest absolute Gasteiger partial charge is 0.486 e. The molecule has 0 radical (unpaired) electrons. The van der Waals surface area contributed by atoms with Crippen molar-refractivity contribution < 1.29 is 4.74 Å². The van der Waals surface area contributed by atoms with Gasteiger partial charge >= 0.3 is 5.69 Å². The van der Waals surface area contributed by atoms with Gasteiger partial charge in [0.25, 0.3) is 5.56 Å². The Kier molecular flexibility index (Phi) is 4.04. The average molecular weight is 351 g/mol. The van der Waals surface area contributed by atoms with Gasteiger partial charge in [-0.3, -0.25) is 13.9 Å². The van der Waals surface area contributed by atoms with Crippen molar-refractivity contribution in [1.29, 1.82) is 0 Å². The Morgan fingerprint density at radius 2 is 1.78 bits per heavy atom. The molecular weight excluding hydrogens is 336 g/mol. The smallest absolute Gasteiger partial charge is 0.331 e. The maximum Gasteiger partial charge on any atom is 0.331 e. The third kappa shape index (κ3) is 2.68. The van der Waals surface area contributed by atoms with Crippen LogP contribution in [0.1, 0.15) is 10.4 Å². The molecule has 0 aliphatic carbocycles. The molecule has 7 heteroatoms. The zero-order valence-corrected chi connectivity index (χ0v) is 14.5. The van der Waals surface area contributed by atoms with E-state index in [9.17, 15) is 9.59 Å². The second-order valence-electron chi connectivity index (χ2n) is 5.29. The van der Waals surface area contributed by atoms with E-state index < -0.39 is 0 Å². The van der Waals surface area contributed by atoms with Crippen LogP contribution in [0, 0.1) is 6.92 Å². The predicted octanol–water partition coefficient (Wildman–Crippen LogP) is 2.84. The normalized spacial score (nSPS) is 11.1. The van der Waals surface area contributed by atoms with Gasteiger partial charge in [-0.1, -0.05) is 23.7 Å². The molecule has 3 aromatic rings. The summed E-state index contributed by atoms with van der Waals surface area (Å²) in [4.78, 5) is 25.3. The number of aromatic nitrogens is 2. The highest BCUT2D eigenvalue weighted by atomic mass is 35.5. The maximum absolute atomic E-state index is 12.3. The lowest BCUT2D eigenvalue weighted by atomic mass is 10.2. The summed E-state index contributed by atoms with van der Waals surface area (Å²) < 4.78 is 9.00. The van der Waals surface area contributed by atoms with Crippen LogP contribution in [0.2, 0.25) is 5.02 Å². The fourth-order valence-corrected chi connectivity index (χ4v) is 3.66. The van der Waals surface area contributed by atoms with Crippen molar-refractivity contribution in [3.8, 4) is 5.75 Å². The summed E-state index contributed by atoms with van der Waals surface area (Å²) >= 11 is 7.21. The van der Waals surface area contributed by atoms with Gasteiger partial charge in [-0.15, -0.1) is 11.3 Å². The van der Waals surface area contributed by atoms with E-state index in [1.807, 2.05) is 19.1 Å². The third-order valence-corrected chi connectivity index (χ3v) is 5.03. The summed E-state index contributed by atoms with van der Waals surface area (Å²) in [6, 6.07) is 7.35. The van der Waals surface area contributed by atoms with E-state index >= 15 is 0 Å². The monoisotopic (exact) mass is 350 g/mol. The number of nitrogens with zero attached hydrogens (tertiary/aromatic N) is 2. The van der Waals surface area contributed by atoms with Crippen molar-refractivity contribution in [2.24, 2.45) is 14.1 Å². The molecule has 0 spiro atoms. The fourth-order valence-electron chi connectivity index (χ4n) is 2.43. The molecule has 0 aliphatic rings. The van der Waals surface area contributed by atoms with E-state index in [2.05, 4.69) is 0 Å². The highest BCUT2D eigenvalue weighted by molar-refractivity contribution is 7.19. The van der Waals surface area contributed by atoms with Gasteiger partial charge in [0, 0.05) is 24.0 Å². The van der Waals surface area contributed by atoms with E-state index in [1.165, 1.54) is 23.0 Å². The molecule has 1 aromatic carbocycles. The van der Waals surface area contributed by atoms with E-state index in [4.69, 9.17) is 16.3 Å². The molecule has 2 aromatic heterocycles. The van der Waals surface area contributed by atoms with Gasteiger partial charge in [0.2, 0.25) is 0 Å². The van der Waals surface area contributed by atoms with Crippen LogP contribution in [0.15, 0.2) is 33.9 Å². The summed E-state index contributed by atoms with van der Waals surface area (Å²) in [6.07, 6.45) is 0. The van der Waals surface area contributed by atoms with Crippen molar-refractivity contribution in [3.63, 3.8) is 0 Å². The van der Waals surface area contributed by atoms with Crippen LogP contribution in [0.5, 0.6) is 5.75 Å². The van der Waals surface area contributed by atoms with Crippen molar-refractivity contribution >= 4 is 33.2 Å². The van der Waals surface area contributed by atoms with E-state index in [0.29, 0.717) is 27.6 Å². The Morgan fingerprint density at radius 3 is 2.43 bits per heavy atom. The number of rotatable bonds is 3. The molecule has 0 amide bonds. The zero-order valence-electron chi connectivity index (χ0n) is 12.9. The Labute approximate surface area is 141 Å². The standard InChI is InChI=1S/C16H15ClN2O3S/c1-9-13(22-8-10-4-6-11(17)7-5-10)12-14(23-9)15(20)19(3)16(21)18(12)2/h4-7H,8H2,1-3H3. The lowest BCUT2D eigenvalue weighted by molar-refractivity contribution is 0.308. The third-order valence-electron chi connectivity index (χ3n) is 3.71. The molecule has 23 heavy (non-hydrogen) atoms. The summed E-state index contributed by atoms with van der Waals surface area (Å²) in [5, 5.41) is 0.664. The second-order valence-corrected chi connectivity index (χ2v) is 6.95. The minimum absolute atomic E-state index is 0.294. The Morgan fingerprint density at radius 1 is 1.13 bits per heavy atom. The van der Waals surface area contributed by atoms with Crippen LogP contribution in [0.25, 0.3) is 10.2 Å². The van der Waals surface area contributed by atoms with Crippen LogP contribution < -0.4 is 16.0 Å². The van der Waals surface area contributed by atoms with Crippen molar-refractivity contribution in [3.05, 3.63) is 60.6 Å². The molecule has 0 fully saturated rings. The van der Waals surface area contributed by atoms with Crippen LogP contribution in [0.3, 0.4) is 0 Å². The molecule has 0 saturated carbocycles. The number of hydrogen-bond acceptors (Lipinski definition) is 4. The second kappa shape index (κ2) is 5.86. The molecule has 120 valence electrons. The number of halogens is 1. The van der Waals surface area contributed by atoms with Crippen LogP contribution in [0.4, 0.5) is 0 Å². The number of ether oxygens (including phenoxy) is 1. The van der Waals surface area contributed by atoms with Gasteiger partial charge < -0.3 is 4.74 Å². The Bertz CT molecular complexity index is 999. The number of fused-ring (bicyclic) bond motifs is 1. The highest BCUT2D eigenvalue weighted by Gasteiger charge is 2.18. The van der Waals surface area contributed by atoms with Gasteiger partial charge in [0.1, 0.15) is 16.8 Å². The first kappa shape index (κ1) is 15.8. The molecule has 0 atom stereocenters. The number of thiophene rings is 1. The summed E-state index contributed by atoms with van der Waals surface area (Å²) in [5.74, 6) is 0.581. The highest BCUT2D eigenvalue weighted by Crippen LogP contribution is 2.34. The molecule has 0 unspecified atom stereocenters. The topological polar surface area (TPSA) is 53.2 Å². The summed E-state index contributed by atoms with van der Waals surface area (Å²) in [5.41, 5.74) is 0.853. The molecule has 0 bridgehead atoms. The van der Waals surface area contributed by atoms with Gasteiger partial charge in [-0.05, 0) is 24.6 Å². The van der Waals surface area contributed by atoms with Crippen LogP contribution in [-0.4, -0.2) is 9.13 Å². The van der Waals surface area contributed by atoms with Gasteiger partial charge in [-0.2, -0.15) is 0 Å². The van der Waals surface area contributed by atoms with Gasteiger partial charge in [-0.25, -0.2) is 4.79 Å². The van der Waals surface area contributed by atoms with E-state index in [-0.39, 0.29) is 11.2 Å². The fraction of sp³-hybridized carbons (Fsp3) is 0.250. The molecule has 0 N–H and O–H groups in total. The van der Waals surface area contributed by atoms with Gasteiger partial charge in [0.05, 0.1) is 0 Å². The first-order chi connectivity index (χ1) is 10.9. The Hall–Kier alpha value is -2.05. The molecule has 0 saturated heterocycles. The number of aryl methyl sites for hydroxylation is 2. The van der Waals surface area contributed by atoms with Crippen molar-refractivity contribution in [2.75, 3.05) is 0 Å². The van der Waals surface area contributed by atoms with Crippen LogP contribution >= 0.6 is 22.9 Å². The quantitative estimate of drug-likeness (QED) is 0.730. The number of benzene rings is 1. The minimum atomic E-state index is -0.364. The molecule has 3 rings (SSSR count). The lowest BCUT2D eigenvalue weighted by Gasteiger charge is -2.09. The number of hydrogen-bond donors (Lipinski definition) is 0. The molecule has 2 heterocycles. The predicted molar refractivity (Wildman–Crippen MR) is 92.8 cm³/mol. The molecular formula is C16H15ClN2O3S. The first-order valence-corrected chi connectivity index (χ1v) is 8.16. The van der Waals surface area contributed by atoms with Crippen molar-refractivity contribution in [2.45, 2.75) is 13.5 Å². The molecule has 5 nitrogen and oxygen atoms in total. The first-order valence-electron chi connectivity index (χ1n) is 6.96. The van der Waals surface area contributed by atoms with Gasteiger partial charge in [0.15, 0.2) is 5.75 Å². The minimum Gasteiger partial charge on any atom is -0.486 e. The average Bonchev–Trinajstić information content (AvgIpc) is 2.87. The SMILES string of the molecule is Cc1sc2c(=O)n(C)c(=O)n(C)c2c1OCc1ccc(Cl)cc1. The van der Waals surface area contributed by atoms with Crippen molar-refractivity contribution in [1.82, 2.24) is 9.13 Å². The van der Waals surface area contributed by atoms with E-state index in [0.717, 1.165) is 15.0 Å². The van der Waals surface area contributed by atoms with Crippen LogP contribution in [-0.2, 0) is 20.7 Å². The van der Waals surface area contributed by atoms with E-state index in [1.54, 1.807) is 19.2 Å². The maximum atomic E-state index is 12.3.